The van der Waals surface area contributed by atoms with E-state index in [2.05, 4.69) is 6.58 Å². The van der Waals surface area contributed by atoms with Crippen molar-refractivity contribution in [3.63, 3.8) is 0 Å². The molecule has 4 heteroatoms. The van der Waals surface area contributed by atoms with Crippen LogP contribution in [0.4, 0.5) is 10.5 Å². The Bertz CT molecular complexity index is 377. The molecule has 1 rings (SSSR count). The fraction of sp³-hybridized carbons (Fsp3) is 0.250. The van der Waals surface area contributed by atoms with E-state index in [1.165, 1.54) is 4.90 Å². The number of hydrogen-bond donors (Lipinski definition) is 2. The molecule has 0 saturated carbocycles. The van der Waals surface area contributed by atoms with E-state index in [9.17, 15) is 4.79 Å². The van der Waals surface area contributed by atoms with Gasteiger partial charge >= 0.3 is 6.09 Å². The molecule has 0 aliphatic heterocycles. The average molecular weight is 220 g/mol. The van der Waals surface area contributed by atoms with Crippen LogP contribution >= 0.6 is 0 Å². The number of carbonyl (C=O) groups is 1. The Balaban J connectivity index is 2.55. The second-order valence-electron chi connectivity index (χ2n) is 3.51. The van der Waals surface area contributed by atoms with Crippen molar-refractivity contribution in [2.24, 2.45) is 0 Å². The lowest BCUT2D eigenvalue weighted by molar-refractivity contribution is 0.151. The largest absolute Gasteiger partial charge is 0.465 e. The van der Waals surface area contributed by atoms with Gasteiger partial charge in [0, 0.05) is 18.8 Å². The number of hydrogen-bond acceptors (Lipinski definition) is 2. The van der Waals surface area contributed by atoms with Crippen molar-refractivity contribution in [2.75, 3.05) is 18.8 Å². The molecule has 0 unspecified atom stereocenters. The van der Waals surface area contributed by atoms with Crippen LogP contribution in [0.5, 0.6) is 0 Å². The van der Waals surface area contributed by atoms with Gasteiger partial charge in [-0.25, -0.2) is 4.79 Å². The van der Waals surface area contributed by atoms with Gasteiger partial charge in [-0.15, -0.1) is 6.58 Å². The molecular formula is C12H16N2O2. The summed E-state index contributed by atoms with van der Waals surface area (Å²) < 4.78 is 0. The highest BCUT2D eigenvalue weighted by molar-refractivity contribution is 5.65. The number of rotatable bonds is 5. The van der Waals surface area contributed by atoms with Crippen molar-refractivity contribution in [1.82, 2.24) is 4.90 Å². The first-order valence-corrected chi connectivity index (χ1v) is 5.06. The molecule has 0 fully saturated rings. The van der Waals surface area contributed by atoms with Crippen LogP contribution in [0.1, 0.15) is 5.56 Å². The Morgan fingerprint density at radius 3 is 2.88 bits per heavy atom. The first-order chi connectivity index (χ1) is 7.63. The molecule has 0 aromatic heterocycles. The molecule has 0 atom stereocenters. The van der Waals surface area contributed by atoms with Crippen molar-refractivity contribution in [2.45, 2.75) is 6.42 Å². The van der Waals surface area contributed by atoms with Gasteiger partial charge in [0.1, 0.15) is 0 Å². The first-order valence-electron chi connectivity index (χ1n) is 5.06. The number of benzene rings is 1. The van der Waals surface area contributed by atoms with Crippen LogP contribution in [0.3, 0.4) is 0 Å². The fourth-order valence-electron chi connectivity index (χ4n) is 1.43. The molecule has 0 aliphatic rings. The first kappa shape index (κ1) is 12.1. The van der Waals surface area contributed by atoms with E-state index < -0.39 is 6.09 Å². The van der Waals surface area contributed by atoms with Crippen LogP contribution in [0, 0.1) is 0 Å². The van der Waals surface area contributed by atoms with Gasteiger partial charge in [-0.05, 0) is 24.1 Å². The highest BCUT2D eigenvalue weighted by atomic mass is 16.4. The number of nitrogens with two attached hydrogens (primary N) is 1. The predicted molar refractivity (Wildman–Crippen MR) is 64.4 cm³/mol. The lowest BCUT2D eigenvalue weighted by atomic mass is 10.1. The van der Waals surface area contributed by atoms with Crippen molar-refractivity contribution in [3.05, 3.63) is 42.5 Å². The number of nitrogen functional groups attached to an aromatic ring is 1. The summed E-state index contributed by atoms with van der Waals surface area (Å²) in [4.78, 5) is 12.1. The Hall–Kier alpha value is -1.97. The van der Waals surface area contributed by atoms with Crippen LogP contribution in [0.15, 0.2) is 36.9 Å². The van der Waals surface area contributed by atoms with Gasteiger partial charge in [-0.3, -0.25) is 0 Å². The van der Waals surface area contributed by atoms with E-state index >= 15 is 0 Å². The molecule has 1 aromatic carbocycles. The second kappa shape index (κ2) is 5.80. The van der Waals surface area contributed by atoms with E-state index in [0.29, 0.717) is 25.2 Å². The van der Waals surface area contributed by atoms with Crippen LogP contribution < -0.4 is 5.73 Å². The summed E-state index contributed by atoms with van der Waals surface area (Å²) in [6.45, 7) is 4.32. The van der Waals surface area contributed by atoms with E-state index in [0.717, 1.165) is 5.56 Å². The number of amides is 1. The van der Waals surface area contributed by atoms with Crippen LogP contribution in [-0.2, 0) is 6.42 Å². The summed E-state index contributed by atoms with van der Waals surface area (Å²) >= 11 is 0. The molecule has 1 amide bonds. The molecule has 0 aliphatic carbocycles. The minimum Gasteiger partial charge on any atom is -0.465 e. The molecule has 4 nitrogen and oxygen atoms in total. The highest BCUT2D eigenvalue weighted by Crippen LogP contribution is 2.07. The molecule has 0 heterocycles. The van der Waals surface area contributed by atoms with Crippen molar-refractivity contribution >= 4 is 11.8 Å². The van der Waals surface area contributed by atoms with Crippen molar-refractivity contribution in [1.29, 1.82) is 0 Å². The average Bonchev–Trinajstić information content (AvgIpc) is 2.24. The van der Waals surface area contributed by atoms with Gasteiger partial charge in [-0.1, -0.05) is 18.2 Å². The van der Waals surface area contributed by atoms with Gasteiger partial charge in [0.05, 0.1) is 0 Å². The number of anilines is 1. The summed E-state index contributed by atoms with van der Waals surface area (Å²) in [6, 6.07) is 7.46. The summed E-state index contributed by atoms with van der Waals surface area (Å²) in [7, 11) is 0. The third-order valence-electron chi connectivity index (χ3n) is 2.24. The summed E-state index contributed by atoms with van der Waals surface area (Å²) in [6.07, 6.45) is 1.31. The Morgan fingerprint density at radius 2 is 2.31 bits per heavy atom. The van der Waals surface area contributed by atoms with Crippen molar-refractivity contribution in [3.8, 4) is 0 Å². The summed E-state index contributed by atoms with van der Waals surface area (Å²) in [5.41, 5.74) is 7.37. The zero-order chi connectivity index (χ0) is 12.0. The molecule has 0 radical (unpaired) electrons. The van der Waals surface area contributed by atoms with Gasteiger partial charge in [0.2, 0.25) is 0 Å². The SMILES string of the molecule is C=CCN(CCc1cccc(N)c1)C(=O)O. The minimum atomic E-state index is -0.927. The maximum atomic E-state index is 10.8. The van der Waals surface area contributed by atoms with Crippen LogP contribution in [0.25, 0.3) is 0 Å². The standard InChI is InChI=1S/C12H16N2O2/c1-2-7-14(12(15)16)8-6-10-4-3-5-11(13)9-10/h2-5,9H,1,6-8,13H2,(H,15,16). The Labute approximate surface area is 95.0 Å². The van der Waals surface area contributed by atoms with Gasteiger partial charge in [-0.2, -0.15) is 0 Å². The maximum Gasteiger partial charge on any atom is 0.407 e. The van der Waals surface area contributed by atoms with E-state index in [1.807, 2.05) is 24.3 Å². The number of nitrogens with zero attached hydrogens (tertiary/aromatic N) is 1. The maximum absolute atomic E-state index is 10.8. The van der Waals surface area contributed by atoms with Gasteiger partial charge < -0.3 is 15.7 Å². The topological polar surface area (TPSA) is 66.6 Å². The molecule has 0 bridgehead atoms. The molecular weight excluding hydrogens is 204 g/mol. The van der Waals surface area contributed by atoms with Crippen LogP contribution in [0.2, 0.25) is 0 Å². The molecule has 16 heavy (non-hydrogen) atoms. The number of carboxylic acid groups (broad SMARTS) is 1. The zero-order valence-corrected chi connectivity index (χ0v) is 9.10. The summed E-state index contributed by atoms with van der Waals surface area (Å²) in [5.74, 6) is 0. The lowest BCUT2D eigenvalue weighted by Gasteiger charge is -2.16. The molecule has 1 aromatic rings. The third-order valence-corrected chi connectivity index (χ3v) is 2.24. The second-order valence-corrected chi connectivity index (χ2v) is 3.51. The third kappa shape index (κ3) is 3.65. The van der Waals surface area contributed by atoms with E-state index in [-0.39, 0.29) is 0 Å². The van der Waals surface area contributed by atoms with Gasteiger partial charge in [0.25, 0.3) is 0 Å². The minimum absolute atomic E-state index is 0.345. The van der Waals surface area contributed by atoms with E-state index in [1.54, 1.807) is 6.08 Å². The Kier molecular flexibility index (Phi) is 4.39. The lowest BCUT2D eigenvalue weighted by Crippen LogP contribution is -2.31. The molecule has 0 saturated heterocycles. The van der Waals surface area contributed by atoms with Gasteiger partial charge in [0.15, 0.2) is 0 Å². The quantitative estimate of drug-likeness (QED) is 0.589. The van der Waals surface area contributed by atoms with Crippen molar-refractivity contribution < 1.29 is 9.90 Å². The Morgan fingerprint density at radius 1 is 1.56 bits per heavy atom. The normalized spacial score (nSPS) is 9.75. The molecule has 3 N–H and O–H groups in total. The molecule has 0 spiro atoms. The molecule has 86 valence electrons. The smallest absolute Gasteiger partial charge is 0.407 e. The predicted octanol–water partition coefficient (Wildman–Crippen LogP) is 1.98. The highest BCUT2D eigenvalue weighted by Gasteiger charge is 2.09. The van der Waals surface area contributed by atoms with E-state index in [4.69, 9.17) is 10.8 Å². The van der Waals surface area contributed by atoms with Crippen LogP contribution in [-0.4, -0.2) is 29.2 Å². The summed E-state index contributed by atoms with van der Waals surface area (Å²) in [5, 5.41) is 8.89. The fourth-order valence-corrected chi connectivity index (χ4v) is 1.43. The zero-order valence-electron chi connectivity index (χ0n) is 9.10. The monoisotopic (exact) mass is 220 g/mol.